The second-order valence-electron chi connectivity index (χ2n) is 9.96. The SMILES string of the molecule is Cc1ccc(C(=O)Nc2cc3n(n2)CCCC3(F)F)cc1C#Cc1cncc(N2CCC(N(C)C)C2)c1. The maximum absolute atomic E-state index is 14.2. The van der Waals surface area contributed by atoms with E-state index in [4.69, 9.17) is 0 Å². The molecule has 3 aromatic rings. The Kier molecular flexibility index (Phi) is 6.69. The number of benzene rings is 1. The highest BCUT2D eigenvalue weighted by Gasteiger charge is 2.38. The van der Waals surface area contributed by atoms with Crippen LogP contribution < -0.4 is 10.2 Å². The number of hydrogen-bond donors (Lipinski definition) is 1. The number of aromatic nitrogens is 3. The molecule has 1 unspecified atom stereocenters. The third kappa shape index (κ3) is 5.35. The average molecular weight is 505 g/mol. The Morgan fingerprint density at radius 1 is 1.16 bits per heavy atom. The lowest BCUT2D eigenvalue weighted by Crippen LogP contribution is -2.31. The van der Waals surface area contributed by atoms with Crippen molar-refractivity contribution in [3.63, 3.8) is 0 Å². The number of amides is 1. The van der Waals surface area contributed by atoms with E-state index in [1.165, 1.54) is 10.7 Å². The maximum Gasteiger partial charge on any atom is 0.289 e. The lowest BCUT2D eigenvalue weighted by molar-refractivity contribution is -0.0364. The van der Waals surface area contributed by atoms with Gasteiger partial charge in [0.1, 0.15) is 5.69 Å². The van der Waals surface area contributed by atoms with Gasteiger partial charge in [-0.2, -0.15) is 13.9 Å². The topological polar surface area (TPSA) is 66.3 Å². The van der Waals surface area contributed by atoms with E-state index >= 15 is 0 Å². The summed E-state index contributed by atoms with van der Waals surface area (Å²) < 4.78 is 29.6. The molecule has 1 fully saturated rings. The van der Waals surface area contributed by atoms with Gasteiger partial charge in [-0.05, 0) is 57.6 Å². The predicted octanol–water partition coefficient (Wildman–Crippen LogP) is 4.26. The molecule has 2 aliphatic rings. The number of alkyl halides is 2. The molecule has 0 aliphatic carbocycles. The fourth-order valence-corrected chi connectivity index (χ4v) is 4.81. The number of carbonyl (C=O) groups excluding carboxylic acids is 1. The molecule has 192 valence electrons. The number of nitrogens with one attached hydrogen (secondary N) is 1. The predicted molar refractivity (Wildman–Crippen MR) is 139 cm³/mol. The molecule has 0 saturated carbocycles. The summed E-state index contributed by atoms with van der Waals surface area (Å²) in [4.78, 5) is 21.8. The summed E-state index contributed by atoms with van der Waals surface area (Å²) in [6.45, 7) is 4.28. The third-order valence-electron chi connectivity index (χ3n) is 7.08. The summed E-state index contributed by atoms with van der Waals surface area (Å²) in [6, 6.07) is 9.05. The van der Waals surface area contributed by atoms with Crippen molar-refractivity contribution in [2.24, 2.45) is 0 Å². The van der Waals surface area contributed by atoms with E-state index in [0.29, 0.717) is 30.1 Å². The molecular formula is C28H30F2N6O. The van der Waals surface area contributed by atoms with Crippen molar-refractivity contribution in [1.82, 2.24) is 19.7 Å². The first-order valence-electron chi connectivity index (χ1n) is 12.5. The first-order valence-corrected chi connectivity index (χ1v) is 12.5. The minimum Gasteiger partial charge on any atom is -0.369 e. The van der Waals surface area contributed by atoms with Crippen LogP contribution in [-0.4, -0.2) is 58.8 Å². The quantitative estimate of drug-likeness (QED) is 0.538. The van der Waals surface area contributed by atoms with Gasteiger partial charge >= 0.3 is 0 Å². The van der Waals surface area contributed by atoms with Gasteiger partial charge in [0.2, 0.25) is 0 Å². The molecule has 1 N–H and O–H groups in total. The normalized spacial score (nSPS) is 18.3. The van der Waals surface area contributed by atoms with Gasteiger partial charge in [-0.1, -0.05) is 17.9 Å². The van der Waals surface area contributed by atoms with Crippen LogP contribution in [0.4, 0.5) is 20.3 Å². The highest BCUT2D eigenvalue weighted by molar-refractivity contribution is 6.04. The summed E-state index contributed by atoms with van der Waals surface area (Å²) in [5.41, 5.74) is 3.71. The Morgan fingerprint density at radius 2 is 2.00 bits per heavy atom. The Bertz CT molecular complexity index is 1390. The molecule has 0 spiro atoms. The maximum atomic E-state index is 14.2. The molecule has 1 atom stereocenters. The summed E-state index contributed by atoms with van der Waals surface area (Å²) in [5, 5.41) is 6.80. The van der Waals surface area contributed by atoms with E-state index in [2.05, 4.69) is 51.1 Å². The molecule has 1 amide bonds. The second kappa shape index (κ2) is 9.94. The largest absolute Gasteiger partial charge is 0.369 e. The molecule has 4 heterocycles. The number of fused-ring (bicyclic) bond motifs is 1. The first kappa shape index (κ1) is 24.9. The number of aryl methyl sites for hydroxylation is 2. The second-order valence-corrected chi connectivity index (χ2v) is 9.96. The summed E-state index contributed by atoms with van der Waals surface area (Å²) in [7, 11) is 4.21. The first-order chi connectivity index (χ1) is 17.7. The van der Waals surface area contributed by atoms with E-state index in [-0.39, 0.29) is 17.9 Å². The number of nitrogens with zero attached hydrogens (tertiary/aromatic N) is 5. The van der Waals surface area contributed by atoms with E-state index in [1.807, 2.05) is 25.3 Å². The monoisotopic (exact) mass is 504 g/mol. The van der Waals surface area contributed by atoms with Gasteiger partial charge in [0.15, 0.2) is 5.82 Å². The van der Waals surface area contributed by atoms with Crippen LogP contribution in [0.15, 0.2) is 42.7 Å². The fourth-order valence-electron chi connectivity index (χ4n) is 4.81. The standard InChI is InChI=1S/C28H30F2N6O/c1-19-5-7-22(27(37)32-26-15-25-28(29,30)10-4-11-36(25)33-26)14-21(19)8-6-20-13-24(17-31-16-20)35-12-9-23(18-35)34(2)3/h5,7,13-17,23H,4,9-12,18H2,1-3H3,(H,32,33,37). The smallest absolute Gasteiger partial charge is 0.289 e. The van der Waals surface area contributed by atoms with Crippen LogP contribution in [0.25, 0.3) is 0 Å². The van der Waals surface area contributed by atoms with Gasteiger partial charge in [0.25, 0.3) is 11.8 Å². The number of pyridine rings is 1. The van der Waals surface area contributed by atoms with Gasteiger partial charge in [-0.25, -0.2) is 0 Å². The van der Waals surface area contributed by atoms with Crippen molar-refractivity contribution in [3.05, 3.63) is 70.7 Å². The van der Waals surface area contributed by atoms with Crippen molar-refractivity contribution in [3.8, 4) is 11.8 Å². The van der Waals surface area contributed by atoms with Gasteiger partial charge in [0, 0.05) is 61.1 Å². The van der Waals surface area contributed by atoms with Crippen LogP contribution in [-0.2, 0) is 12.5 Å². The van der Waals surface area contributed by atoms with E-state index in [1.54, 1.807) is 18.3 Å². The number of carbonyl (C=O) groups is 1. The minimum atomic E-state index is -2.93. The molecular weight excluding hydrogens is 474 g/mol. The zero-order valence-corrected chi connectivity index (χ0v) is 21.3. The number of hydrogen-bond acceptors (Lipinski definition) is 5. The van der Waals surface area contributed by atoms with Gasteiger partial charge < -0.3 is 15.1 Å². The molecule has 0 bridgehead atoms. The fraction of sp³-hybridized carbons (Fsp3) is 0.393. The van der Waals surface area contributed by atoms with Crippen molar-refractivity contribution in [2.45, 2.75) is 44.7 Å². The summed E-state index contributed by atoms with van der Waals surface area (Å²) >= 11 is 0. The lowest BCUT2D eigenvalue weighted by Gasteiger charge is -2.22. The molecule has 9 heteroatoms. The van der Waals surface area contributed by atoms with Crippen LogP contribution in [0.5, 0.6) is 0 Å². The molecule has 0 radical (unpaired) electrons. The van der Waals surface area contributed by atoms with Crippen LogP contribution in [0, 0.1) is 18.8 Å². The van der Waals surface area contributed by atoms with Gasteiger partial charge in [0.05, 0.1) is 11.9 Å². The van der Waals surface area contributed by atoms with Crippen molar-refractivity contribution in [2.75, 3.05) is 37.4 Å². The molecule has 1 aromatic carbocycles. The third-order valence-corrected chi connectivity index (χ3v) is 7.08. The van der Waals surface area contributed by atoms with Gasteiger partial charge in [-0.15, -0.1) is 0 Å². The Hall–Kier alpha value is -3.77. The molecule has 1 saturated heterocycles. The van der Waals surface area contributed by atoms with Crippen molar-refractivity contribution in [1.29, 1.82) is 0 Å². The summed E-state index contributed by atoms with van der Waals surface area (Å²) in [5.74, 6) is 3.11. The number of anilines is 2. The molecule has 37 heavy (non-hydrogen) atoms. The van der Waals surface area contributed by atoms with Crippen LogP contribution in [0.2, 0.25) is 0 Å². The van der Waals surface area contributed by atoms with E-state index in [0.717, 1.165) is 36.3 Å². The van der Waals surface area contributed by atoms with Crippen molar-refractivity contribution < 1.29 is 13.6 Å². The molecule has 5 rings (SSSR count). The van der Waals surface area contributed by atoms with E-state index < -0.39 is 11.8 Å². The minimum absolute atomic E-state index is 0.121. The number of rotatable bonds is 4. The molecule has 2 aliphatic heterocycles. The summed E-state index contributed by atoms with van der Waals surface area (Å²) in [6.07, 6.45) is 4.85. The van der Waals surface area contributed by atoms with Crippen LogP contribution in [0.1, 0.15) is 52.0 Å². The molecule has 7 nitrogen and oxygen atoms in total. The van der Waals surface area contributed by atoms with Crippen LogP contribution in [0.3, 0.4) is 0 Å². The Morgan fingerprint density at radius 3 is 2.76 bits per heavy atom. The number of likely N-dealkylation sites (N-methyl/N-ethyl adjacent to an activating group) is 1. The lowest BCUT2D eigenvalue weighted by atomic mass is 10.0. The zero-order chi connectivity index (χ0) is 26.2. The van der Waals surface area contributed by atoms with Gasteiger partial charge in [-0.3, -0.25) is 14.5 Å². The Balaban J connectivity index is 1.32. The van der Waals surface area contributed by atoms with E-state index in [9.17, 15) is 13.6 Å². The zero-order valence-electron chi connectivity index (χ0n) is 21.3. The van der Waals surface area contributed by atoms with Crippen molar-refractivity contribution >= 4 is 17.4 Å². The number of halogens is 2. The highest BCUT2D eigenvalue weighted by Crippen LogP contribution is 2.37. The average Bonchev–Trinajstić information content (AvgIpc) is 3.52. The highest BCUT2D eigenvalue weighted by atomic mass is 19.3. The van der Waals surface area contributed by atoms with Crippen LogP contribution >= 0.6 is 0 Å². The molecule has 2 aromatic heterocycles. The Labute approximate surface area is 215 Å².